The SMILES string of the molecule is O=C(CN1CCN(C(=O)c2ccncc2)CC1)c1cccs1. The average Bonchev–Trinajstić information content (AvgIpc) is 3.10. The third-order valence-corrected chi connectivity index (χ3v) is 4.66. The van der Waals surface area contributed by atoms with Gasteiger partial charge in [-0.3, -0.25) is 19.5 Å². The maximum atomic E-state index is 12.3. The summed E-state index contributed by atoms with van der Waals surface area (Å²) in [5.74, 6) is 0.190. The highest BCUT2D eigenvalue weighted by Gasteiger charge is 2.23. The van der Waals surface area contributed by atoms with E-state index < -0.39 is 0 Å². The standard InChI is InChI=1S/C16H17N3O2S/c20-14(15-2-1-11-22-15)12-18-7-9-19(10-8-18)16(21)13-3-5-17-6-4-13/h1-6,11H,7-10,12H2. The van der Waals surface area contributed by atoms with E-state index in [1.807, 2.05) is 22.4 Å². The lowest BCUT2D eigenvalue weighted by Crippen LogP contribution is -2.49. The summed E-state index contributed by atoms with van der Waals surface area (Å²) in [6.07, 6.45) is 3.26. The van der Waals surface area contributed by atoms with E-state index in [9.17, 15) is 9.59 Å². The van der Waals surface area contributed by atoms with Crippen molar-refractivity contribution in [3.05, 3.63) is 52.5 Å². The van der Waals surface area contributed by atoms with Crippen LogP contribution in [0, 0.1) is 0 Å². The Morgan fingerprint density at radius 1 is 1.09 bits per heavy atom. The normalized spacial score (nSPS) is 15.7. The summed E-state index contributed by atoms with van der Waals surface area (Å²) in [6, 6.07) is 7.21. The van der Waals surface area contributed by atoms with Crippen molar-refractivity contribution in [3.63, 3.8) is 0 Å². The van der Waals surface area contributed by atoms with Crippen LogP contribution in [0.15, 0.2) is 42.0 Å². The summed E-state index contributed by atoms with van der Waals surface area (Å²) in [6.45, 7) is 3.19. The first-order chi connectivity index (χ1) is 10.7. The zero-order chi connectivity index (χ0) is 15.4. The van der Waals surface area contributed by atoms with Gasteiger partial charge in [0, 0.05) is 44.1 Å². The predicted octanol–water partition coefficient (Wildman–Crippen LogP) is 1.78. The highest BCUT2D eigenvalue weighted by molar-refractivity contribution is 7.12. The monoisotopic (exact) mass is 315 g/mol. The molecule has 0 aliphatic carbocycles. The Morgan fingerprint density at radius 3 is 2.45 bits per heavy atom. The van der Waals surface area contributed by atoms with Crippen LogP contribution < -0.4 is 0 Å². The van der Waals surface area contributed by atoms with Gasteiger partial charge in [0.15, 0.2) is 5.78 Å². The van der Waals surface area contributed by atoms with Gasteiger partial charge >= 0.3 is 0 Å². The Bertz CT molecular complexity index is 635. The van der Waals surface area contributed by atoms with Crippen LogP contribution >= 0.6 is 11.3 Å². The van der Waals surface area contributed by atoms with Crippen LogP contribution in [0.3, 0.4) is 0 Å². The van der Waals surface area contributed by atoms with Crippen molar-refractivity contribution in [3.8, 4) is 0 Å². The number of ketones is 1. The van der Waals surface area contributed by atoms with Crippen molar-refractivity contribution >= 4 is 23.0 Å². The van der Waals surface area contributed by atoms with E-state index in [-0.39, 0.29) is 11.7 Å². The Morgan fingerprint density at radius 2 is 1.82 bits per heavy atom. The summed E-state index contributed by atoms with van der Waals surface area (Å²) < 4.78 is 0. The van der Waals surface area contributed by atoms with Crippen LogP contribution in [-0.2, 0) is 0 Å². The second-order valence-corrected chi connectivity index (χ2v) is 6.15. The molecule has 0 N–H and O–H groups in total. The molecular formula is C16H17N3O2S. The number of aromatic nitrogens is 1. The molecule has 2 aromatic heterocycles. The van der Waals surface area contributed by atoms with Gasteiger partial charge in [0.2, 0.25) is 0 Å². The first kappa shape index (κ1) is 14.9. The molecule has 0 spiro atoms. The second-order valence-electron chi connectivity index (χ2n) is 5.20. The van der Waals surface area contributed by atoms with Crippen molar-refractivity contribution in [2.24, 2.45) is 0 Å². The zero-order valence-electron chi connectivity index (χ0n) is 12.1. The number of amides is 1. The Labute approximate surface area is 133 Å². The fourth-order valence-electron chi connectivity index (χ4n) is 2.50. The minimum Gasteiger partial charge on any atom is -0.336 e. The quantitative estimate of drug-likeness (QED) is 0.807. The molecule has 3 heterocycles. The van der Waals surface area contributed by atoms with E-state index in [1.54, 1.807) is 24.5 Å². The fraction of sp³-hybridized carbons (Fsp3) is 0.312. The van der Waals surface area contributed by atoms with E-state index in [0.717, 1.165) is 18.0 Å². The molecule has 5 nitrogen and oxygen atoms in total. The van der Waals surface area contributed by atoms with E-state index in [0.29, 0.717) is 25.2 Å². The summed E-state index contributed by atoms with van der Waals surface area (Å²) in [5, 5.41) is 1.92. The topological polar surface area (TPSA) is 53.5 Å². The highest BCUT2D eigenvalue weighted by atomic mass is 32.1. The molecule has 1 amide bonds. The number of pyridine rings is 1. The minimum absolute atomic E-state index is 0.0339. The Hall–Kier alpha value is -2.05. The number of thiophene rings is 1. The number of hydrogen-bond donors (Lipinski definition) is 0. The molecule has 1 fully saturated rings. The molecule has 0 aromatic carbocycles. The van der Waals surface area contributed by atoms with Crippen molar-refractivity contribution in [2.45, 2.75) is 0 Å². The maximum absolute atomic E-state index is 12.3. The summed E-state index contributed by atoms with van der Waals surface area (Å²) in [4.78, 5) is 33.1. The summed E-state index contributed by atoms with van der Waals surface area (Å²) in [7, 11) is 0. The third-order valence-electron chi connectivity index (χ3n) is 3.75. The van der Waals surface area contributed by atoms with Gasteiger partial charge in [-0.1, -0.05) is 6.07 Å². The number of carbonyl (C=O) groups is 2. The van der Waals surface area contributed by atoms with Crippen LogP contribution in [0.4, 0.5) is 0 Å². The first-order valence-electron chi connectivity index (χ1n) is 7.22. The van der Waals surface area contributed by atoms with Crippen LogP contribution in [0.25, 0.3) is 0 Å². The molecule has 6 heteroatoms. The van der Waals surface area contributed by atoms with Gasteiger partial charge in [-0.05, 0) is 23.6 Å². The lowest BCUT2D eigenvalue weighted by molar-refractivity contribution is 0.0625. The molecule has 22 heavy (non-hydrogen) atoms. The highest BCUT2D eigenvalue weighted by Crippen LogP contribution is 2.12. The first-order valence-corrected chi connectivity index (χ1v) is 8.10. The third kappa shape index (κ3) is 3.40. The van der Waals surface area contributed by atoms with Gasteiger partial charge in [0.05, 0.1) is 11.4 Å². The smallest absolute Gasteiger partial charge is 0.254 e. The molecular weight excluding hydrogens is 298 g/mol. The van der Waals surface area contributed by atoms with Gasteiger partial charge in [0.25, 0.3) is 5.91 Å². The van der Waals surface area contributed by atoms with Gasteiger partial charge in [-0.25, -0.2) is 0 Å². The largest absolute Gasteiger partial charge is 0.336 e. The fourth-order valence-corrected chi connectivity index (χ4v) is 3.16. The van der Waals surface area contributed by atoms with E-state index in [1.165, 1.54) is 11.3 Å². The minimum atomic E-state index is 0.0339. The van der Waals surface area contributed by atoms with Crippen molar-refractivity contribution in [1.82, 2.24) is 14.8 Å². The molecule has 1 aliphatic rings. The van der Waals surface area contributed by atoms with Crippen LogP contribution in [0.1, 0.15) is 20.0 Å². The van der Waals surface area contributed by atoms with Crippen molar-refractivity contribution in [1.29, 1.82) is 0 Å². The molecule has 1 saturated heterocycles. The zero-order valence-corrected chi connectivity index (χ0v) is 13.0. The Kier molecular flexibility index (Phi) is 4.60. The van der Waals surface area contributed by atoms with Crippen LogP contribution in [0.5, 0.6) is 0 Å². The van der Waals surface area contributed by atoms with E-state index in [4.69, 9.17) is 0 Å². The van der Waals surface area contributed by atoms with Gasteiger partial charge in [0.1, 0.15) is 0 Å². The molecule has 1 aliphatic heterocycles. The molecule has 0 bridgehead atoms. The number of nitrogens with zero attached hydrogens (tertiary/aromatic N) is 3. The molecule has 0 unspecified atom stereocenters. The predicted molar refractivity (Wildman–Crippen MR) is 85.2 cm³/mol. The lowest BCUT2D eigenvalue weighted by atomic mass is 10.2. The maximum Gasteiger partial charge on any atom is 0.254 e. The summed E-state index contributed by atoms with van der Waals surface area (Å²) in [5.41, 5.74) is 0.665. The van der Waals surface area contributed by atoms with Crippen LogP contribution in [0.2, 0.25) is 0 Å². The molecule has 0 atom stereocenters. The molecule has 3 rings (SSSR count). The number of rotatable bonds is 4. The summed E-state index contributed by atoms with van der Waals surface area (Å²) >= 11 is 1.48. The van der Waals surface area contributed by atoms with Gasteiger partial charge in [-0.2, -0.15) is 0 Å². The number of piperazine rings is 1. The van der Waals surface area contributed by atoms with Crippen LogP contribution in [-0.4, -0.2) is 59.2 Å². The second kappa shape index (κ2) is 6.81. The lowest BCUT2D eigenvalue weighted by Gasteiger charge is -2.34. The average molecular weight is 315 g/mol. The Balaban J connectivity index is 1.52. The van der Waals surface area contributed by atoms with Crippen molar-refractivity contribution in [2.75, 3.05) is 32.7 Å². The molecule has 0 saturated carbocycles. The van der Waals surface area contributed by atoms with Gasteiger partial charge < -0.3 is 4.90 Å². The van der Waals surface area contributed by atoms with E-state index in [2.05, 4.69) is 9.88 Å². The molecule has 2 aromatic rings. The molecule has 0 radical (unpaired) electrons. The molecule has 114 valence electrons. The number of hydrogen-bond acceptors (Lipinski definition) is 5. The number of carbonyl (C=O) groups excluding carboxylic acids is 2. The van der Waals surface area contributed by atoms with Crippen molar-refractivity contribution < 1.29 is 9.59 Å². The number of Topliss-reactive ketones (excluding diaryl/α,β-unsaturated/α-hetero) is 1. The van der Waals surface area contributed by atoms with Gasteiger partial charge in [-0.15, -0.1) is 11.3 Å². The van der Waals surface area contributed by atoms with E-state index >= 15 is 0 Å².